The summed E-state index contributed by atoms with van der Waals surface area (Å²) in [5, 5.41) is 4.75. The Morgan fingerprint density at radius 1 is 1.41 bits per heavy atom. The number of anilines is 1. The zero-order chi connectivity index (χ0) is 12.1. The van der Waals surface area contributed by atoms with Crippen LogP contribution in [0.1, 0.15) is 6.42 Å². The van der Waals surface area contributed by atoms with E-state index in [0.717, 1.165) is 24.0 Å². The van der Waals surface area contributed by atoms with Gasteiger partial charge in [0.25, 0.3) is 5.56 Å². The molecule has 0 aromatic carbocycles. The maximum Gasteiger partial charge on any atom is 0.257 e. The lowest BCUT2D eigenvalue weighted by Gasteiger charge is -2.08. The van der Waals surface area contributed by atoms with Gasteiger partial charge in [-0.15, -0.1) is 0 Å². The number of aromatic amines is 1. The summed E-state index contributed by atoms with van der Waals surface area (Å²) in [5.74, 6) is 0. The van der Waals surface area contributed by atoms with Gasteiger partial charge >= 0.3 is 0 Å². The van der Waals surface area contributed by atoms with Crippen molar-refractivity contribution < 1.29 is 4.74 Å². The number of nitrogens with one attached hydrogen (secondary N) is 2. The molecule has 0 bridgehead atoms. The third-order valence-corrected chi connectivity index (χ3v) is 2.54. The van der Waals surface area contributed by atoms with Crippen molar-refractivity contribution in [1.29, 1.82) is 0 Å². The number of hydrogen-bond donors (Lipinski definition) is 2. The molecule has 0 aliphatic carbocycles. The minimum absolute atomic E-state index is 0.115. The number of methoxy groups -OCH3 is 1. The number of H-pyrrole nitrogens is 1. The van der Waals surface area contributed by atoms with E-state index in [-0.39, 0.29) is 5.56 Å². The van der Waals surface area contributed by atoms with Gasteiger partial charge in [-0.2, -0.15) is 0 Å². The van der Waals surface area contributed by atoms with Gasteiger partial charge in [0.05, 0.1) is 17.3 Å². The van der Waals surface area contributed by atoms with Crippen molar-refractivity contribution in [2.75, 3.05) is 25.6 Å². The Hall–Kier alpha value is -1.88. The highest BCUT2D eigenvalue weighted by Gasteiger charge is 2.03. The van der Waals surface area contributed by atoms with E-state index in [4.69, 9.17) is 4.74 Å². The number of aromatic nitrogens is 2. The second-order valence-corrected chi connectivity index (χ2v) is 3.73. The Bertz CT molecular complexity index is 551. The molecular formula is C12H15N3O2. The molecule has 0 saturated heterocycles. The third kappa shape index (κ3) is 2.62. The first-order valence-electron chi connectivity index (χ1n) is 5.51. The van der Waals surface area contributed by atoms with Gasteiger partial charge in [0.2, 0.25) is 0 Å². The zero-order valence-corrected chi connectivity index (χ0v) is 9.69. The maximum atomic E-state index is 11.6. The molecule has 2 N–H and O–H groups in total. The number of hydrogen-bond acceptors (Lipinski definition) is 4. The Labute approximate surface area is 98.8 Å². The Balaban J connectivity index is 2.23. The predicted octanol–water partition coefficient (Wildman–Crippen LogP) is 1.37. The summed E-state index contributed by atoms with van der Waals surface area (Å²) in [6.07, 6.45) is 5.87. The first kappa shape index (κ1) is 11.6. The van der Waals surface area contributed by atoms with Gasteiger partial charge in [-0.1, -0.05) is 0 Å². The van der Waals surface area contributed by atoms with Crippen LogP contribution >= 0.6 is 0 Å². The van der Waals surface area contributed by atoms with Crippen LogP contribution in [0.3, 0.4) is 0 Å². The number of fused-ring (bicyclic) bond motifs is 1. The molecule has 5 nitrogen and oxygen atoms in total. The van der Waals surface area contributed by atoms with Gasteiger partial charge in [-0.3, -0.25) is 9.78 Å². The molecule has 0 unspecified atom stereocenters. The summed E-state index contributed by atoms with van der Waals surface area (Å²) < 4.78 is 4.98. The predicted molar refractivity (Wildman–Crippen MR) is 67.3 cm³/mol. The van der Waals surface area contributed by atoms with Crippen molar-refractivity contribution in [2.24, 2.45) is 0 Å². The summed E-state index contributed by atoms with van der Waals surface area (Å²) in [6, 6.07) is 1.87. The van der Waals surface area contributed by atoms with E-state index in [1.807, 2.05) is 6.07 Å². The molecule has 5 heteroatoms. The monoisotopic (exact) mass is 233 g/mol. The van der Waals surface area contributed by atoms with Gasteiger partial charge < -0.3 is 15.0 Å². The molecule has 2 rings (SSSR count). The quantitative estimate of drug-likeness (QED) is 0.765. The first-order valence-corrected chi connectivity index (χ1v) is 5.51. The Morgan fingerprint density at radius 2 is 2.29 bits per heavy atom. The van der Waals surface area contributed by atoms with Crippen LogP contribution in [-0.4, -0.2) is 30.2 Å². The number of ether oxygens (including phenoxy) is 1. The molecule has 0 atom stereocenters. The first-order chi connectivity index (χ1) is 8.33. The fourth-order valence-electron chi connectivity index (χ4n) is 1.69. The normalized spacial score (nSPS) is 10.6. The van der Waals surface area contributed by atoms with Crippen molar-refractivity contribution in [3.05, 3.63) is 35.0 Å². The van der Waals surface area contributed by atoms with E-state index in [2.05, 4.69) is 15.3 Å². The minimum Gasteiger partial charge on any atom is -0.385 e. The molecule has 0 amide bonds. The Kier molecular flexibility index (Phi) is 3.72. The lowest BCUT2D eigenvalue weighted by Crippen LogP contribution is -2.09. The minimum atomic E-state index is -0.115. The van der Waals surface area contributed by atoms with Crippen molar-refractivity contribution in [3.8, 4) is 0 Å². The number of rotatable bonds is 5. The summed E-state index contributed by atoms with van der Waals surface area (Å²) in [6.45, 7) is 1.51. The second kappa shape index (κ2) is 5.45. The Morgan fingerprint density at radius 3 is 3.12 bits per heavy atom. The van der Waals surface area contributed by atoms with Gasteiger partial charge in [-0.05, 0) is 12.5 Å². The zero-order valence-electron chi connectivity index (χ0n) is 9.69. The average Bonchev–Trinajstić information content (AvgIpc) is 2.36. The van der Waals surface area contributed by atoms with E-state index < -0.39 is 0 Å². The molecule has 2 aromatic heterocycles. The SMILES string of the molecule is COCCCNc1cncc2c(=O)[nH]ccc12. The van der Waals surface area contributed by atoms with E-state index in [1.165, 1.54) is 0 Å². The van der Waals surface area contributed by atoms with Crippen LogP contribution in [0.5, 0.6) is 0 Å². The van der Waals surface area contributed by atoms with Crippen LogP contribution in [-0.2, 0) is 4.74 Å². The smallest absolute Gasteiger partial charge is 0.257 e. The second-order valence-electron chi connectivity index (χ2n) is 3.73. The van der Waals surface area contributed by atoms with Crippen LogP contribution in [0, 0.1) is 0 Å². The largest absolute Gasteiger partial charge is 0.385 e. The summed E-state index contributed by atoms with van der Waals surface area (Å²) >= 11 is 0. The molecule has 0 aliphatic heterocycles. The molecule has 17 heavy (non-hydrogen) atoms. The third-order valence-electron chi connectivity index (χ3n) is 2.54. The highest BCUT2D eigenvalue weighted by Crippen LogP contribution is 2.18. The molecule has 0 saturated carbocycles. The molecule has 0 radical (unpaired) electrons. The molecule has 0 fully saturated rings. The highest BCUT2D eigenvalue weighted by atomic mass is 16.5. The molecule has 0 spiro atoms. The van der Waals surface area contributed by atoms with Crippen LogP contribution < -0.4 is 10.9 Å². The number of pyridine rings is 2. The van der Waals surface area contributed by atoms with Crippen LogP contribution in [0.25, 0.3) is 10.8 Å². The summed E-state index contributed by atoms with van der Waals surface area (Å²) in [4.78, 5) is 18.3. The van der Waals surface area contributed by atoms with Crippen LogP contribution in [0.2, 0.25) is 0 Å². The highest BCUT2D eigenvalue weighted by molar-refractivity contribution is 5.91. The lowest BCUT2D eigenvalue weighted by atomic mass is 10.2. The molecule has 2 heterocycles. The van der Waals surface area contributed by atoms with Crippen molar-refractivity contribution in [3.63, 3.8) is 0 Å². The van der Waals surface area contributed by atoms with Gasteiger partial charge in [0.15, 0.2) is 0 Å². The fourth-order valence-corrected chi connectivity index (χ4v) is 1.69. The fraction of sp³-hybridized carbons (Fsp3) is 0.333. The molecule has 90 valence electrons. The average molecular weight is 233 g/mol. The summed E-state index contributed by atoms with van der Waals surface area (Å²) in [7, 11) is 1.68. The van der Waals surface area contributed by atoms with Gasteiger partial charge in [0, 0.05) is 38.0 Å². The maximum absolute atomic E-state index is 11.6. The van der Waals surface area contributed by atoms with E-state index in [0.29, 0.717) is 12.0 Å². The van der Waals surface area contributed by atoms with Crippen molar-refractivity contribution in [1.82, 2.24) is 9.97 Å². The van der Waals surface area contributed by atoms with Gasteiger partial charge in [-0.25, -0.2) is 0 Å². The van der Waals surface area contributed by atoms with Crippen molar-refractivity contribution >= 4 is 16.5 Å². The number of nitrogens with zero attached hydrogens (tertiary/aromatic N) is 1. The van der Waals surface area contributed by atoms with Gasteiger partial charge in [0.1, 0.15) is 0 Å². The standard InChI is InChI=1S/C12H15N3O2/c1-17-6-2-4-14-11-8-13-7-10-9(11)3-5-15-12(10)16/h3,5,7-8,14H,2,4,6H2,1H3,(H,15,16). The van der Waals surface area contributed by atoms with Crippen LogP contribution in [0.4, 0.5) is 5.69 Å². The molecule has 0 aliphatic rings. The summed E-state index contributed by atoms with van der Waals surface area (Å²) in [5.41, 5.74) is 0.764. The lowest BCUT2D eigenvalue weighted by molar-refractivity contribution is 0.198. The van der Waals surface area contributed by atoms with E-state index in [9.17, 15) is 4.79 Å². The molecular weight excluding hydrogens is 218 g/mol. The van der Waals surface area contributed by atoms with E-state index >= 15 is 0 Å². The molecule has 2 aromatic rings. The van der Waals surface area contributed by atoms with Crippen molar-refractivity contribution in [2.45, 2.75) is 6.42 Å². The topological polar surface area (TPSA) is 67.0 Å². The van der Waals surface area contributed by atoms with E-state index in [1.54, 1.807) is 25.7 Å². The van der Waals surface area contributed by atoms with Crippen LogP contribution in [0.15, 0.2) is 29.5 Å².